The van der Waals surface area contributed by atoms with E-state index in [0.29, 0.717) is 16.6 Å². The summed E-state index contributed by atoms with van der Waals surface area (Å²) in [6, 6.07) is 15.7. The molecule has 0 amide bonds. The lowest BCUT2D eigenvalue weighted by Gasteiger charge is -2.09. The van der Waals surface area contributed by atoms with Crippen LogP contribution in [0.2, 0.25) is 10.0 Å². The van der Waals surface area contributed by atoms with Crippen LogP contribution in [0.5, 0.6) is 0 Å². The van der Waals surface area contributed by atoms with E-state index >= 15 is 0 Å². The molecule has 5 heteroatoms. The maximum Gasteiger partial charge on any atom is 0.0650 e. The molecular weight excluding hydrogens is 305 g/mol. The molecule has 3 aromatic rings. The number of nitrogens with one attached hydrogen (secondary N) is 2. The molecule has 1 aromatic heterocycles. The molecule has 0 bridgehead atoms. The van der Waals surface area contributed by atoms with Gasteiger partial charge in [0.1, 0.15) is 0 Å². The molecule has 0 saturated carbocycles. The normalized spacial score (nSPS) is 10.6. The summed E-state index contributed by atoms with van der Waals surface area (Å²) in [5.41, 5.74) is 4.09. The Morgan fingerprint density at radius 2 is 1.81 bits per heavy atom. The molecule has 0 aliphatic rings. The Kier molecular flexibility index (Phi) is 4.13. The Bertz CT molecular complexity index is 722. The lowest BCUT2D eigenvalue weighted by atomic mass is 10.1. The van der Waals surface area contributed by atoms with Crippen molar-refractivity contribution in [3.63, 3.8) is 0 Å². The van der Waals surface area contributed by atoms with Crippen LogP contribution in [0.3, 0.4) is 0 Å². The molecule has 3 nitrogen and oxygen atoms in total. The van der Waals surface area contributed by atoms with E-state index < -0.39 is 0 Å². The Labute approximate surface area is 132 Å². The fourth-order valence-electron chi connectivity index (χ4n) is 2.07. The molecule has 0 atom stereocenters. The van der Waals surface area contributed by atoms with E-state index in [9.17, 15) is 0 Å². The fourth-order valence-corrected chi connectivity index (χ4v) is 2.45. The van der Waals surface area contributed by atoms with Gasteiger partial charge in [0.05, 0.1) is 15.7 Å². The second-order valence-corrected chi connectivity index (χ2v) is 5.40. The van der Waals surface area contributed by atoms with Crippen molar-refractivity contribution >= 4 is 28.9 Å². The van der Waals surface area contributed by atoms with E-state index in [1.54, 1.807) is 12.3 Å². The number of hydrogen-bond donors (Lipinski definition) is 2. The summed E-state index contributed by atoms with van der Waals surface area (Å²) in [5, 5.41) is 11.4. The van der Waals surface area contributed by atoms with E-state index in [1.807, 2.05) is 42.5 Å². The van der Waals surface area contributed by atoms with Crippen molar-refractivity contribution in [2.24, 2.45) is 0 Å². The molecule has 0 radical (unpaired) electrons. The first-order chi connectivity index (χ1) is 10.2. The molecule has 0 saturated heterocycles. The Balaban J connectivity index is 1.70. The second-order valence-electron chi connectivity index (χ2n) is 4.61. The molecule has 0 fully saturated rings. The molecule has 21 heavy (non-hydrogen) atoms. The van der Waals surface area contributed by atoms with Gasteiger partial charge in [-0.2, -0.15) is 5.10 Å². The number of H-pyrrole nitrogens is 1. The molecule has 0 unspecified atom stereocenters. The molecule has 0 aliphatic carbocycles. The number of anilines is 1. The number of rotatable bonds is 4. The molecule has 2 N–H and O–H groups in total. The number of nitrogens with zero attached hydrogens (tertiary/aromatic N) is 1. The van der Waals surface area contributed by atoms with Crippen molar-refractivity contribution in [1.82, 2.24) is 10.2 Å². The average Bonchev–Trinajstić information content (AvgIpc) is 3.04. The van der Waals surface area contributed by atoms with Crippen LogP contribution >= 0.6 is 23.2 Å². The molecule has 3 rings (SSSR count). The minimum atomic E-state index is 0.575. The van der Waals surface area contributed by atoms with Gasteiger partial charge in [0.15, 0.2) is 0 Å². The van der Waals surface area contributed by atoms with Crippen molar-refractivity contribution in [3.05, 3.63) is 70.3 Å². The first-order valence-electron chi connectivity index (χ1n) is 6.50. The van der Waals surface area contributed by atoms with E-state index in [4.69, 9.17) is 23.2 Å². The third-order valence-corrected chi connectivity index (χ3v) is 4.07. The van der Waals surface area contributed by atoms with Gasteiger partial charge in [-0.05, 0) is 35.4 Å². The number of aromatic nitrogens is 2. The summed E-state index contributed by atoms with van der Waals surface area (Å²) in [6.45, 7) is 0.628. The third-order valence-electron chi connectivity index (χ3n) is 3.21. The maximum atomic E-state index is 6.17. The summed E-state index contributed by atoms with van der Waals surface area (Å²) < 4.78 is 0. The summed E-state index contributed by atoms with van der Waals surface area (Å²) >= 11 is 12.2. The molecule has 106 valence electrons. The highest BCUT2D eigenvalue weighted by molar-refractivity contribution is 6.42. The second kappa shape index (κ2) is 6.20. The highest BCUT2D eigenvalue weighted by atomic mass is 35.5. The molecule has 2 aromatic carbocycles. The maximum absolute atomic E-state index is 6.17. The van der Waals surface area contributed by atoms with Gasteiger partial charge in [-0.25, -0.2) is 0 Å². The quantitative estimate of drug-likeness (QED) is 0.711. The lowest BCUT2D eigenvalue weighted by molar-refractivity contribution is 1.09. The zero-order valence-electron chi connectivity index (χ0n) is 11.1. The van der Waals surface area contributed by atoms with Crippen molar-refractivity contribution in [3.8, 4) is 11.3 Å². The van der Waals surface area contributed by atoms with E-state index in [2.05, 4.69) is 15.5 Å². The Morgan fingerprint density at radius 3 is 2.52 bits per heavy atom. The van der Waals surface area contributed by atoms with Crippen LogP contribution in [0.4, 0.5) is 5.69 Å². The van der Waals surface area contributed by atoms with Gasteiger partial charge in [-0.1, -0.05) is 47.5 Å². The summed E-state index contributed by atoms with van der Waals surface area (Å²) in [5.74, 6) is 0. The first-order valence-corrected chi connectivity index (χ1v) is 7.26. The largest absolute Gasteiger partial charge is 0.381 e. The van der Waals surface area contributed by atoms with Crippen LogP contribution in [0.15, 0.2) is 54.7 Å². The zero-order chi connectivity index (χ0) is 14.7. The predicted molar refractivity (Wildman–Crippen MR) is 87.8 cm³/mol. The van der Waals surface area contributed by atoms with Gasteiger partial charge in [0.25, 0.3) is 0 Å². The minimum absolute atomic E-state index is 0.575. The minimum Gasteiger partial charge on any atom is -0.381 e. The Morgan fingerprint density at radius 1 is 1.00 bits per heavy atom. The van der Waals surface area contributed by atoms with Gasteiger partial charge in [0, 0.05) is 18.4 Å². The summed E-state index contributed by atoms with van der Waals surface area (Å²) in [7, 11) is 0. The first kappa shape index (κ1) is 14.0. The number of aromatic amines is 1. The molecule has 0 aliphatic heterocycles. The van der Waals surface area contributed by atoms with E-state index in [1.165, 1.54) is 0 Å². The number of halogens is 2. The van der Waals surface area contributed by atoms with Crippen LogP contribution in [0.25, 0.3) is 11.3 Å². The van der Waals surface area contributed by atoms with Crippen molar-refractivity contribution in [1.29, 1.82) is 0 Å². The molecule has 1 heterocycles. The van der Waals surface area contributed by atoms with Crippen molar-refractivity contribution in [2.45, 2.75) is 6.54 Å². The van der Waals surface area contributed by atoms with Crippen LogP contribution in [-0.4, -0.2) is 10.2 Å². The van der Waals surface area contributed by atoms with Crippen molar-refractivity contribution in [2.75, 3.05) is 5.32 Å². The van der Waals surface area contributed by atoms with E-state index in [-0.39, 0.29) is 0 Å². The van der Waals surface area contributed by atoms with Gasteiger partial charge < -0.3 is 5.32 Å². The SMILES string of the molecule is Clc1cccc(CNc2ccc(-c3ccn[nH]3)cc2)c1Cl. The Hall–Kier alpha value is -1.97. The van der Waals surface area contributed by atoms with Gasteiger partial charge in [-0.15, -0.1) is 0 Å². The highest BCUT2D eigenvalue weighted by Crippen LogP contribution is 2.26. The van der Waals surface area contributed by atoms with Crippen LogP contribution < -0.4 is 5.32 Å². The predicted octanol–water partition coefficient (Wildman–Crippen LogP) is 5.00. The van der Waals surface area contributed by atoms with Gasteiger partial charge in [0.2, 0.25) is 0 Å². The van der Waals surface area contributed by atoms with E-state index in [0.717, 1.165) is 22.5 Å². The van der Waals surface area contributed by atoms with Crippen LogP contribution in [-0.2, 0) is 6.54 Å². The zero-order valence-corrected chi connectivity index (χ0v) is 12.6. The van der Waals surface area contributed by atoms with Gasteiger partial charge in [-0.3, -0.25) is 5.10 Å². The van der Waals surface area contributed by atoms with Crippen LogP contribution in [0.1, 0.15) is 5.56 Å². The van der Waals surface area contributed by atoms with Gasteiger partial charge >= 0.3 is 0 Å². The summed E-state index contributed by atoms with van der Waals surface area (Å²) in [6.07, 6.45) is 1.74. The fraction of sp³-hybridized carbons (Fsp3) is 0.0625. The smallest absolute Gasteiger partial charge is 0.0650 e. The monoisotopic (exact) mass is 317 g/mol. The average molecular weight is 318 g/mol. The molecular formula is C16H13Cl2N3. The standard InChI is InChI=1S/C16H13Cl2N3/c17-14-3-1-2-12(16(14)18)10-19-13-6-4-11(5-7-13)15-8-9-20-21-15/h1-9,19H,10H2,(H,20,21). The number of hydrogen-bond acceptors (Lipinski definition) is 2. The van der Waals surface area contributed by atoms with Crippen molar-refractivity contribution < 1.29 is 0 Å². The number of benzene rings is 2. The lowest BCUT2D eigenvalue weighted by Crippen LogP contribution is -2.00. The third kappa shape index (κ3) is 3.20. The molecule has 0 spiro atoms. The van der Waals surface area contributed by atoms with Crippen LogP contribution in [0, 0.1) is 0 Å². The summed E-state index contributed by atoms with van der Waals surface area (Å²) in [4.78, 5) is 0. The topological polar surface area (TPSA) is 40.7 Å². The highest BCUT2D eigenvalue weighted by Gasteiger charge is 2.04.